The van der Waals surface area contributed by atoms with Crippen molar-refractivity contribution in [3.8, 4) is 0 Å². The molecule has 1 saturated heterocycles. The smallest absolute Gasteiger partial charge is 0.179 e. The van der Waals surface area contributed by atoms with Crippen LogP contribution >= 0.6 is 0 Å². The lowest BCUT2D eigenvalue weighted by molar-refractivity contribution is 0.166. The van der Waals surface area contributed by atoms with Crippen molar-refractivity contribution in [3.63, 3.8) is 0 Å². The van der Waals surface area contributed by atoms with Crippen molar-refractivity contribution < 1.29 is 0 Å². The molecule has 1 heterocycles. The van der Waals surface area contributed by atoms with Crippen LogP contribution in [0.15, 0.2) is 0 Å². The van der Waals surface area contributed by atoms with Gasteiger partial charge in [-0.15, -0.1) is 0 Å². The lowest BCUT2D eigenvalue weighted by Crippen LogP contribution is -2.40. The Morgan fingerprint density at radius 2 is 2.00 bits per heavy atom. The van der Waals surface area contributed by atoms with E-state index >= 15 is 0 Å². The Labute approximate surface area is 62.2 Å². The van der Waals surface area contributed by atoms with E-state index in [4.69, 9.17) is 0 Å². The van der Waals surface area contributed by atoms with Gasteiger partial charge in [0, 0.05) is 5.54 Å². The maximum Gasteiger partial charge on any atom is 0.179 e. The molecule has 0 atom stereocenters. The Bertz CT molecular complexity index is 119. The average Bonchev–Trinajstić information content (AvgIpc) is 2.11. The number of nitrogens with zero attached hydrogens (tertiary/aromatic N) is 2. The molecule has 3 heteroatoms. The Kier molecular flexibility index (Phi) is 1.99. The van der Waals surface area contributed by atoms with Gasteiger partial charge < -0.3 is 5.21 Å². The second-order valence-corrected chi connectivity index (χ2v) is 3.78. The molecule has 10 heavy (non-hydrogen) atoms. The summed E-state index contributed by atoms with van der Waals surface area (Å²) in [4.78, 5) is 2.18. The lowest BCUT2D eigenvalue weighted by Gasteiger charge is -2.28. The van der Waals surface area contributed by atoms with Crippen LogP contribution in [0.2, 0.25) is 0 Å². The number of hydrogen-bond donors (Lipinski definition) is 0. The normalized spacial score (nSPS) is 24.0. The molecule has 1 aliphatic heterocycles. The molecule has 59 valence electrons. The van der Waals surface area contributed by atoms with Gasteiger partial charge in [-0.2, -0.15) is 5.06 Å². The molecular formula is C7H15N2O. The molecule has 0 saturated carbocycles. The molecule has 0 aromatic heterocycles. The molecule has 0 spiro atoms. The Morgan fingerprint density at radius 3 is 2.20 bits per heavy atom. The van der Waals surface area contributed by atoms with Gasteiger partial charge in [0.05, 0.1) is 6.54 Å². The van der Waals surface area contributed by atoms with Gasteiger partial charge in [0.15, 0.2) is 6.67 Å². The third kappa shape index (κ3) is 1.68. The molecule has 1 rings (SSSR count). The minimum Gasteiger partial charge on any atom is -0.581 e. The standard InChI is InChI=1S/C7H15N2O/c1-7(2,3)8-4-5-9(10)6-8/h4-6H2,1-3H3. The molecule has 1 radical (unpaired) electrons. The summed E-state index contributed by atoms with van der Waals surface area (Å²) in [6.45, 7) is 8.54. The molecule has 1 aliphatic rings. The summed E-state index contributed by atoms with van der Waals surface area (Å²) in [5.74, 6) is 0. The summed E-state index contributed by atoms with van der Waals surface area (Å²) in [6.07, 6.45) is 0. The summed E-state index contributed by atoms with van der Waals surface area (Å²) < 4.78 is 0. The monoisotopic (exact) mass is 143 g/mol. The van der Waals surface area contributed by atoms with Crippen LogP contribution in [0.1, 0.15) is 20.8 Å². The Hall–Kier alpha value is -0.120. The highest BCUT2D eigenvalue weighted by Gasteiger charge is 2.30. The zero-order valence-electron chi connectivity index (χ0n) is 6.92. The fourth-order valence-electron chi connectivity index (χ4n) is 1.11. The molecule has 0 aromatic rings. The minimum atomic E-state index is 0.152. The predicted octanol–water partition coefficient (Wildman–Crippen LogP) is 0.696. The first-order valence-electron chi connectivity index (χ1n) is 3.67. The van der Waals surface area contributed by atoms with Gasteiger partial charge >= 0.3 is 0 Å². The van der Waals surface area contributed by atoms with E-state index in [1.807, 2.05) is 0 Å². The highest BCUT2D eigenvalue weighted by atomic mass is 16.5. The molecule has 0 unspecified atom stereocenters. The first-order chi connectivity index (χ1) is 4.50. The van der Waals surface area contributed by atoms with E-state index < -0.39 is 0 Å². The second-order valence-electron chi connectivity index (χ2n) is 3.78. The van der Waals surface area contributed by atoms with Crippen LogP contribution in [0.3, 0.4) is 0 Å². The van der Waals surface area contributed by atoms with Crippen molar-refractivity contribution in [2.75, 3.05) is 19.8 Å². The quantitative estimate of drug-likeness (QED) is 0.369. The van der Waals surface area contributed by atoms with E-state index in [1.54, 1.807) is 0 Å². The highest BCUT2D eigenvalue weighted by Crippen LogP contribution is 2.15. The van der Waals surface area contributed by atoms with Gasteiger partial charge in [-0.1, -0.05) is 0 Å². The molecule has 3 nitrogen and oxygen atoms in total. The summed E-state index contributed by atoms with van der Waals surface area (Å²) in [5, 5.41) is 11.9. The maximum absolute atomic E-state index is 10.8. The molecule has 0 aromatic carbocycles. The highest BCUT2D eigenvalue weighted by molar-refractivity contribution is 4.84. The summed E-state index contributed by atoms with van der Waals surface area (Å²) in [5.41, 5.74) is 0.152. The van der Waals surface area contributed by atoms with Crippen LogP contribution in [0.25, 0.3) is 0 Å². The fourth-order valence-corrected chi connectivity index (χ4v) is 1.11. The van der Waals surface area contributed by atoms with Crippen LogP contribution in [0.5, 0.6) is 0 Å². The van der Waals surface area contributed by atoms with E-state index in [2.05, 4.69) is 25.7 Å². The van der Waals surface area contributed by atoms with Gasteiger partial charge in [-0.05, 0) is 20.8 Å². The Balaban J connectivity index is 2.45. The third-order valence-corrected chi connectivity index (χ3v) is 1.90. The van der Waals surface area contributed by atoms with Crippen LogP contribution in [-0.4, -0.2) is 30.2 Å². The molecule has 0 bridgehead atoms. The Morgan fingerprint density at radius 1 is 1.40 bits per heavy atom. The van der Waals surface area contributed by atoms with Crippen LogP contribution in [0, 0.1) is 5.21 Å². The van der Waals surface area contributed by atoms with Crippen molar-refractivity contribution in [1.29, 1.82) is 0 Å². The molecule has 0 amide bonds. The summed E-state index contributed by atoms with van der Waals surface area (Å²) in [7, 11) is 0. The third-order valence-electron chi connectivity index (χ3n) is 1.90. The van der Waals surface area contributed by atoms with E-state index in [0.29, 0.717) is 13.2 Å². The van der Waals surface area contributed by atoms with Crippen molar-refractivity contribution in [2.24, 2.45) is 0 Å². The van der Waals surface area contributed by atoms with E-state index in [-0.39, 0.29) is 5.54 Å². The van der Waals surface area contributed by atoms with Gasteiger partial charge in [0.25, 0.3) is 0 Å². The average molecular weight is 143 g/mol. The van der Waals surface area contributed by atoms with Gasteiger partial charge in [0.1, 0.15) is 6.54 Å². The number of rotatable bonds is 0. The predicted molar refractivity (Wildman–Crippen MR) is 41.7 cm³/mol. The summed E-state index contributed by atoms with van der Waals surface area (Å²) in [6, 6.07) is 0. The van der Waals surface area contributed by atoms with Gasteiger partial charge in [-0.25, -0.2) is 4.90 Å². The van der Waals surface area contributed by atoms with Crippen molar-refractivity contribution >= 4 is 0 Å². The van der Waals surface area contributed by atoms with E-state index in [9.17, 15) is 5.21 Å². The van der Waals surface area contributed by atoms with Crippen LogP contribution < -0.4 is 5.06 Å². The van der Waals surface area contributed by atoms with Crippen LogP contribution in [-0.2, 0) is 0 Å². The first-order valence-corrected chi connectivity index (χ1v) is 3.67. The number of hydrogen-bond acceptors (Lipinski definition) is 3. The lowest BCUT2D eigenvalue weighted by atomic mass is 10.1. The fraction of sp³-hybridized carbons (Fsp3) is 1.00. The van der Waals surface area contributed by atoms with Crippen molar-refractivity contribution in [2.45, 2.75) is 26.3 Å². The van der Waals surface area contributed by atoms with E-state index in [1.165, 1.54) is 0 Å². The topological polar surface area (TPSA) is 32.2 Å². The van der Waals surface area contributed by atoms with Crippen molar-refractivity contribution in [3.05, 3.63) is 5.21 Å². The van der Waals surface area contributed by atoms with E-state index in [0.717, 1.165) is 11.6 Å². The van der Waals surface area contributed by atoms with Crippen molar-refractivity contribution in [1.82, 2.24) is 9.96 Å². The molecule has 0 aliphatic carbocycles. The largest absolute Gasteiger partial charge is 0.581 e. The maximum atomic E-state index is 10.8. The minimum absolute atomic E-state index is 0.152. The van der Waals surface area contributed by atoms with Gasteiger partial charge in [-0.3, -0.25) is 0 Å². The van der Waals surface area contributed by atoms with Crippen LogP contribution in [0.4, 0.5) is 0 Å². The summed E-state index contributed by atoms with van der Waals surface area (Å²) >= 11 is 0. The number of hydroxylamine groups is 2. The molecular weight excluding hydrogens is 128 g/mol. The zero-order chi connectivity index (χ0) is 7.78. The van der Waals surface area contributed by atoms with Gasteiger partial charge in [0.2, 0.25) is 0 Å². The molecule has 1 fully saturated rings. The zero-order valence-corrected chi connectivity index (χ0v) is 6.92. The molecule has 0 N–H and O–H groups in total. The second kappa shape index (κ2) is 2.49. The SMILES string of the molecule is CC(C)(C)N1CC[N+]([O-])C1. The first kappa shape index (κ1) is 7.98.